The van der Waals surface area contributed by atoms with Crippen molar-refractivity contribution < 1.29 is 5.21 Å². The molecule has 1 heterocycles. The molecule has 0 saturated carbocycles. The van der Waals surface area contributed by atoms with Crippen LogP contribution in [0.5, 0.6) is 0 Å². The number of nitrogens with zero attached hydrogens (tertiary/aromatic N) is 1. The van der Waals surface area contributed by atoms with Gasteiger partial charge in [0.25, 0.3) is 0 Å². The molecule has 3 nitrogen and oxygen atoms in total. The van der Waals surface area contributed by atoms with Crippen molar-refractivity contribution in [1.29, 1.82) is 0 Å². The van der Waals surface area contributed by atoms with Crippen LogP contribution in [0.25, 0.3) is 0 Å². The lowest BCUT2D eigenvalue weighted by Crippen LogP contribution is -2.04. The van der Waals surface area contributed by atoms with Crippen LogP contribution in [0.3, 0.4) is 0 Å². The van der Waals surface area contributed by atoms with Gasteiger partial charge in [-0.1, -0.05) is 0 Å². The maximum Gasteiger partial charge on any atom is 0.0486 e. The van der Waals surface area contributed by atoms with Gasteiger partial charge < -0.3 is 5.21 Å². The van der Waals surface area contributed by atoms with Gasteiger partial charge in [0.2, 0.25) is 0 Å². The fourth-order valence-corrected chi connectivity index (χ4v) is 0.995. The van der Waals surface area contributed by atoms with Crippen LogP contribution in [0.4, 0.5) is 0 Å². The van der Waals surface area contributed by atoms with E-state index in [4.69, 9.17) is 5.21 Å². The Morgan fingerprint density at radius 3 is 2.83 bits per heavy atom. The van der Waals surface area contributed by atoms with Crippen LogP contribution in [-0.4, -0.2) is 23.1 Å². The van der Waals surface area contributed by atoms with Gasteiger partial charge in [-0.3, -0.25) is 5.09 Å². The van der Waals surface area contributed by atoms with Crippen LogP contribution in [0.15, 0.2) is 0 Å². The molecule has 1 aliphatic heterocycles. The van der Waals surface area contributed by atoms with Crippen molar-refractivity contribution >= 4 is 8.88 Å². The summed E-state index contributed by atoms with van der Waals surface area (Å²) in [5, 5.41) is 11.5. The summed E-state index contributed by atoms with van der Waals surface area (Å²) in [6.07, 6.45) is 0. The lowest BCUT2D eigenvalue weighted by atomic mass is 10.7. The average molecular weight is 106 g/mol. The van der Waals surface area contributed by atoms with Crippen LogP contribution in [0, 0.1) is 0 Å². The minimum Gasteiger partial charge on any atom is -0.309 e. The fourth-order valence-electron chi connectivity index (χ4n) is 0.365. The normalized spacial score (nSPS) is 29.5. The molecule has 2 N–H and O–H groups in total. The van der Waals surface area contributed by atoms with E-state index in [1.807, 2.05) is 0 Å². The average Bonchev–Trinajstić information content (AvgIpc) is 1.86. The third-order valence-corrected chi connectivity index (χ3v) is 1.55. The van der Waals surface area contributed by atoms with Gasteiger partial charge in [-0.25, -0.2) is 0 Å². The number of hydrogen-bond donors (Lipinski definition) is 2. The third kappa shape index (κ3) is 0.884. The maximum atomic E-state index is 8.51. The van der Waals surface area contributed by atoms with Crippen LogP contribution in [-0.2, 0) is 0 Å². The van der Waals surface area contributed by atoms with Crippen LogP contribution in [0.2, 0.25) is 0 Å². The molecule has 1 aliphatic rings. The summed E-state index contributed by atoms with van der Waals surface area (Å²) in [5.41, 5.74) is 0. The van der Waals surface area contributed by atoms with Crippen molar-refractivity contribution in [3.05, 3.63) is 0 Å². The Morgan fingerprint density at radius 2 is 2.67 bits per heavy atom. The molecule has 0 aromatic heterocycles. The zero-order valence-electron chi connectivity index (χ0n) is 3.31. The lowest BCUT2D eigenvalue weighted by Gasteiger charge is -1.97. The van der Waals surface area contributed by atoms with Gasteiger partial charge >= 0.3 is 0 Å². The molecule has 1 atom stereocenters. The summed E-state index contributed by atoms with van der Waals surface area (Å²) in [5.74, 6) is 0. The highest BCUT2D eigenvalue weighted by atomic mass is 31.1. The molecule has 6 heavy (non-hydrogen) atoms. The summed E-state index contributed by atoms with van der Waals surface area (Å²) in [6.45, 7) is 1.70. The van der Waals surface area contributed by atoms with E-state index in [0.717, 1.165) is 13.1 Å². The van der Waals surface area contributed by atoms with Gasteiger partial charge in [0.1, 0.15) is 0 Å². The standard InChI is InChI=1S/C2H7N2OP/c5-4-2-1-3-6-4/h3,5-6H,1-2H2. The summed E-state index contributed by atoms with van der Waals surface area (Å²) in [4.78, 5) is 1.28. The summed E-state index contributed by atoms with van der Waals surface area (Å²) >= 11 is 0. The van der Waals surface area contributed by atoms with Crippen molar-refractivity contribution in [3.63, 3.8) is 0 Å². The van der Waals surface area contributed by atoms with Crippen molar-refractivity contribution in [2.75, 3.05) is 13.1 Å². The first-order chi connectivity index (χ1) is 2.89. The first-order valence-electron chi connectivity index (χ1n) is 1.84. The molecule has 0 aliphatic carbocycles. The minimum absolute atomic E-state index is 0.421. The van der Waals surface area contributed by atoms with Gasteiger partial charge in [-0.05, 0) is 0 Å². The summed E-state index contributed by atoms with van der Waals surface area (Å²) in [6, 6.07) is 0. The van der Waals surface area contributed by atoms with Gasteiger partial charge in [0.15, 0.2) is 0 Å². The second kappa shape index (κ2) is 1.85. The molecule has 1 saturated heterocycles. The third-order valence-electron chi connectivity index (χ3n) is 0.657. The molecule has 0 amide bonds. The molecule has 0 spiro atoms. The Kier molecular flexibility index (Phi) is 1.37. The molecule has 0 aromatic carbocycles. The highest BCUT2D eigenvalue weighted by Gasteiger charge is 2.04. The smallest absolute Gasteiger partial charge is 0.0486 e. The monoisotopic (exact) mass is 106 g/mol. The maximum absolute atomic E-state index is 8.51. The number of hydrogen-bond acceptors (Lipinski definition) is 3. The molecular formula is C2H7N2OP. The van der Waals surface area contributed by atoms with E-state index < -0.39 is 0 Å². The van der Waals surface area contributed by atoms with E-state index in [-0.39, 0.29) is 0 Å². The number of nitrogens with one attached hydrogen (secondary N) is 1. The van der Waals surface area contributed by atoms with Gasteiger partial charge in [-0.15, -0.1) is 0 Å². The molecule has 0 aromatic rings. The molecule has 36 valence electrons. The quantitative estimate of drug-likeness (QED) is 0.419. The Balaban J connectivity index is 2.18. The highest BCUT2D eigenvalue weighted by molar-refractivity contribution is 7.32. The lowest BCUT2D eigenvalue weighted by molar-refractivity contribution is 0.0232. The Morgan fingerprint density at radius 1 is 1.83 bits per heavy atom. The van der Waals surface area contributed by atoms with Gasteiger partial charge in [0.05, 0.1) is 0 Å². The molecule has 4 heteroatoms. The van der Waals surface area contributed by atoms with Crippen LogP contribution < -0.4 is 5.09 Å². The summed E-state index contributed by atoms with van der Waals surface area (Å²) in [7, 11) is 0.421. The SMILES string of the molecule is ON1CCNP1. The fraction of sp³-hybridized carbons (Fsp3) is 1.00. The van der Waals surface area contributed by atoms with Crippen LogP contribution >= 0.6 is 8.88 Å². The van der Waals surface area contributed by atoms with E-state index in [1.54, 1.807) is 0 Å². The van der Waals surface area contributed by atoms with E-state index in [0.29, 0.717) is 8.88 Å². The molecule has 1 rings (SSSR count). The second-order valence-electron chi connectivity index (χ2n) is 1.16. The molecular weight excluding hydrogens is 99.0 g/mol. The first kappa shape index (κ1) is 4.47. The zero-order chi connectivity index (χ0) is 4.41. The van der Waals surface area contributed by atoms with Crippen molar-refractivity contribution in [2.24, 2.45) is 0 Å². The van der Waals surface area contributed by atoms with E-state index in [9.17, 15) is 0 Å². The topological polar surface area (TPSA) is 35.5 Å². The Bertz CT molecular complexity index is 44.8. The Hall–Kier alpha value is 0.310. The highest BCUT2D eigenvalue weighted by Crippen LogP contribution is 2.12. The largest absolute Gasteiger partial charge is 0.309 e. The van der Waals surface area contributed by atoms with Crippen molar-refractivity contribution in [3.8, 4) is 0 Å². The predicted octanol–water partition coefficient (Wildman–Crippen LogP) is -0.211. The van der Waals surface area contributed by atoms with E-state index >= 15 is 0 Å². The zero-order valence-corrected chi connectivity index (χ0v) is 4.31. The molecule has 1 fully saturated rings. The van der Waals surface area contributed by atoms with Crippen molar-refractivity contribution in [1.82, 2.24) is 9.92 Å². The van der Waals surface area contributed by atoms with E-state index in [2.05, 4.69) is 5.09 Å². The van der Waals surface area contributed by atoms with Gasteiger partial charge in [-0.2, -0.15) is 4.83 Å². The molecule has 0 radical (unpaired) electrons. The number of hydroxylamine groups is 1. The predicted molar refractivity (Wildman–Crippen MR) is 24.8 cm³/mol. The minimum atomic E-state index is 0.421. The molecule has 1 unspecified atom stereocenters. The summed E-state index contributed by atoms with van der Waals surface area (Å²) < 4.78 is 0. The first-order valence-corrected chi connectivity index (χ1v) is 2.79. The second-order valence-corrected chi connectivity index (χ2v) is 2.26. The van der Waals surface area contributed by atoms with Gasteiger partial charge in [0, 0.05) is 22.0 Å². The Labute approximate surface area is 38.2 Å². The van der Waals surface area contributed by atoms with Crippen LogP contribution in [0.1, 0.15) is 0 Å². The number of rotatable bonds is 0. The van der Waals surface area contributed by atoms with E-state index in [1.165, 1.54) is 4.83 Å². The molecule has 0 bridgehead atoms. The van der Waals surface area contributed by atoms with Crippen molar-refractivity contribution in [2.45, 2.75) is 0 Å².